The number of methoxy groups -OCH3 is 2. The molecular formula is C15H13ClO3. The molecule has 2 aromatic rings. The van der Waals surface area contributed by atoms with Crippen molar-refractivity contribution in [3.63, 3.8) is 0 Å². The maximum Gasteiger partial charge on any atom is 0.193 e. The largest absolute Gasteiger partial charge is 0.493 e. The van der Waals surface area contributed by atoms with E-state index in [1.54, 1.807) is 49.6 Å². The fourth-order valence-electron chi connectivity index (χ4n) is 1.75. The second kappa shape index (κ2) is 5.76. The van der Waals surface area contributed by atoms with Gasteiger partial charge in [-0.05, 0) is 42.5 Å². The van der Waals surface area contributed by atoms with Crippen LogP contribution in [0.4, 0.5) is 0 Å². The molecule has 0 spiro atoms. The molecule has 2 aromatic carbocycles. The second-order valence-electron chi connectivity index (χ2n) is 3.91. The summed E-state index contributed by atoms with van der Waals surface area (Å²) in [6, 6.07) is 11.9. The van der Waals surface area contributed by atoms with E-state index in [9.17, 15) is 4.79 Å². The molecule has 0 aliphatic heterocycles. The Labute approximate surface area is 116 Å². The highest BCUT2D eigenvalue weighted by molar-refractivity contribution is 6.30. The molecule has 0 amide bonds. The molecule has 0 radical (unpaired) electrons. The van der Waals surface area contributed by atoms with Crippen LogP contribution in [0.15, 0.2) is 42.5 Å². The summed E-state index contributed by atoms with van der Waals surface area (Å²) >= 11 is 5.80. The van der Waals surface area contributed by atoms with Crippen molar-refractivity contribution in [1.82, 2.24) is 0 Å². The molecule has 0 unspecified atom stereocenters. The number of ketones is 1. The third kappa shape index (κ3) is 2.88. The SMILES string of the molecule is COc1ccc(C(=O)c2ccc(Cl)cc2)cc1OC. The lowest BCUT2D eigenvalue weighted by Crippen LogP contribution is -2.02. The summed E-state index contributed by atoms with van der Waals surface area (Å²) in [5.41, 5.74) is 1.12. The first kappa shape index (κ1) is 13.4. The van der Waals surface area contributed by atoms with Gasteiger partial charge in [-0.15, -0.1) is 0 Å². The molecule has 0 heterocycles. The maximum absolute atomic E-state index is 12.3. The van der Waals surface area contributed by atoms with E-state index in [4.69, 9.17) is 21.1 Å². The van der Waals surface area contributed by atoms with Crippen molar-refractivity contribution in [2.75, 3.05) is 14.2 Å². The minimum atomic E-state index is -0.0855. The average Bonchev–Trinajstić information content (AvgIpc) is 2.46. The van der Waals surface area contributed by atoms with Crippen LogP contribution in [0.2, 0.25) is 5.02 Å². The van der Waals surface area contributed by atoms with Gasteiger partial charge in [0.25, 0.3) is 0 Å². The lowest BCUT2D eigenvalue weighted by Gasteiger charge is -2.09. The van der Waals surface area contributed by atoms with Crippen molar-refractivity contribution in [2.45, 2.75) is 0 Å². The standard InChI is InChI=1S/C15H13ClO3/c1-18-13-8-5-11(9-14(13)19-2)15(17)10-3-6-12(16)7-4-10/h3-9H,1-2H3. The van der Waals surface area contributed by atoms with Crippen LogP contribution in [0.3, 0.4) is 0 Å². The molecule has 0 fully saturated rings. The monoisotopic (exact) mass is 276 g/mol. The van der Waals surface area contributed by atoms with Crippen LogP contribution in [0.25, 0.3) is 0 Å². The second-order valence-corrected chi connectivity index (χ2v) is 4.34. The van der Waals surface area contributed by atoms with E-state index in [-0.39, 0.29) is 5.78 Å². The summed E-state index contributed by atoms with van der Waals surface area (Å²) in [4.78, 5) is 12.3. The number of carbonyl (C=O) groups is 1. The highest BCUT2D eigenvalue weighted by Gasteiger charge is 2.12. The molecule has 19 heavy (non-hydrogen) atoms. The average molecular weight is 277 g/mol. The Morgan fingerprint density at radius 2 is 1.47 bits per heavy atom. The fourth-order valence-corrected chi connectivity index (χ4v) is 1.87. The van der Waals surface area contributed by atoms with E-state index in [1.165, 1.54) is 7.11 Å². The molecule has 0 N–H and O–H groups in total. The maximum atomic E-state index is 12.3. The predicted octanol–water partition coefficient (Wildman–Crippen LogP) is 3.59. The van der Waals surface area contributed by atoms with E-state index < -0.39 is 0 Å². The minimum Gasteiger partial charge on any atom is -0.493 e. The molecule has 0 saturated carbocycles. The van der Waals surface area contributed by atoms with Crippen molar-refractivity contribution >= 4 is 17.4 Å². The zero-order valence-electron chi connectivity index (χ0n) is 10.6. The zero-order chi connectivity index (χ0) is 13.8. The Kier molecular flexibility index (Phi) is 4.07. The van der Waals surface area contributed by atoms with Gasteiger partial charge in [0, 0.05) is 16.1 Å². The number of ether oxygens (including phenoxy) is 2. The normalized spacial score (nSPS) is 10.1. The molecule has 98 valence electrons. The van der Waals surface area contributed by atoms with Gasteiger partial charge < -0.3 is 9.47 Å². The van der Waals surface area contributed by atoms with Gasteiger partial charge in [-0.25, -0.2) is 0 Å². The van der Waals surface area contributed by atoms with Gasteiger partial charge in [0.15, 0.2) is 17.3 Å². The summed E-state index contributed by atoms with van der Waals surface area (Å²) in [7, 11) is 3.09. The Balaban J connectivity index is 2.36. The number of hydrogen-bond donors (Lipinski definition) is 0. The molecule has 0 atom stereocenters. The first-order chi connectivity index (χ1) is 9.15. The van der Waals surface area contributed by atoms with Crippen LogP contribution < -0.4 is 9.47 Å². The van der Waals surface area contributed by atoms with Crippen molar-refractivity contribution in [3.8, 4) is 11.5 Å². The molecule has 0 aliphatic carbocycles. The number of rotatable bonds is 4. The van der Waals surface area contributed by atoms with E-state index in [2.05, 4.69) is 0 Å². The highest BCUT2D eigenvalue weighted by Crippen LogP contribution is 2.28. The van der Waals surface area contributed by atoms with Crippen LogP contribution >= 0.6 is 11.6 Å². The minimum absolute atomic E-state index is 0.0855. The Bertz CT molecular complexity index is 591. The van der Waals surface area contributed by atoms with Gasteiger partial charge in [-0.2, -0.15) is 0 Å². The molecule has 0 bridgehead atoms. The number of hydrogen-bond acceptors (Lipinski definition) is 3. The summed E-state index contributed by atoms with van der Waals surface area (Å²) in [6.07, 6.45) is 0. The number of benzene rings is 2. The van der Waals surface area contributed by atoms with E-state index in [0.29, 0.717) is 27.6 Å². The Hall–Kier alpha value is -2.00. The van der Waals surface area contributed by atoms with Crippen molar-refractivity contribution in [3.05, 3.63) is 58.6 Å². The van der Waals surface area contributed by atoms with E-state index >= 15 is 0 Å². The third-order valence-corrected chi connectivity index (χ3v) is 3.00. The van der Waals surface area contributed by atoms with Gasteiger partial charge in [-0.1, -0.05) is 11.6 Å². The van der Waals surface area contributed by atoms with Gasteiger partial charge in [-0.3, -0.25) is 4.79 Å². The van der Waals surface area contributed by atoms with Crippen molar-refractivity contribution in [2.24, 2.45) is 0 Å². The molecule has 4 heteroatoms. The van der Waals surface area contributed by atoms with Gasteiger partial charge in [0.05, 0.1) is 14.2 Å². The van der Waals surface area contributed by atoms with Gasteiger partial charge in [0.2, 0.25) is 0 Å². The van der Waals surface area contributed by atoms with E-state index in [1.807, 2.05) is 0 Å². The topological polar surface area (TPSA) is 35.5 Å². The van der Waals surface area contributed by atoms with Crippen LogP contribution in [0.5, 0.6) is 11.5 Å². The predicted molar refractivity (Wildman–Crippen MR) is 74.4 cm³/mol. The Morgan fingerprint density at radius 3 is 2.05 bits per heavy atom. The third-order valence-electron chi connectivity index (χ3n) is 2.75. The number of halogens is 1. The summed E-state index contributed by atoms with van der Waals surface area (Å²) in [5.74, 6) is 1.04. The molecule has 0 saturated heterocycles. The van der Waals surface area contributed by atoms with Crippen LogP contribution in [0, 0.1) is 0 Å². The summed E-state index contributed by atoms with van der Waals surface area (Å²) < 4.78 is 10.3. The highest BCUT2D eigenvalue weighted by atomic mass is 35.5. The van der Waals surface area contributed by atoms with Crippen molar-refractivity contribution in [1.29, 1.82) is 0 Å². The molecular weight excluding hydrogens is 264 g/mol. The zero-order valence-corrected chi connectivity index (χ0v) is 11.4. The van der Waals surface area contributed by atoms with Crippen LogP contribution in [-0.4, -0.2) is 20.0 Å². The lowest BCUT2D eigenvalue weighted by atomic mass is 10.0. The quantitative estimate of drug-likeness (QED) is 0.801. The molecule has 0 aliphatic rings. The smallest absolute Gasteiger partial charge is 0.193 e. The lowest BCUT2D eigenvalue weighted by molar-refractivity contribution is 0.103. The summed E-state index contributed by atoms with van der Waals surface area (Å²) in [6.45, 7) is 0. The van der Waals surface area contributed by atoms with Gasteiger partial charge >= 0.3 is 0 Å². The summed E-state index contributed by atoms with van der Waals surface area (Å²) in [5, 5.41) is 0.601. The van der Waals surface area contributed by atoms with Crippen LogP contribution in [0.1, 0.15) is 15.9 Å². The van der Waals surface area contributed by atoms with Crippen LogP contribution in [-0.2, 0) is 0 Å². The molecule has 3 nitrogen and oxygen atoms in total. The first-order valence-corrected chi connectivity index (χ1v) is 6.06. The van der Waals surface area contributed by atoms with Crippen molar-refractivity contribution < 1.29 is 14.3 Å². The number of carbonyl (C=O) groups excluding carboxylic acids is 1. The Morgan fingerprint density at radius 1 is 0.895 bits per heavy atom. The van der Waals surface area contributed by atoms with E-state index in [0.717, 1.165) is 0 Å². The molecule has 2 rings (SSSR count). The fraction of sp³-hybridized carbons (Fsp3) is 0.133. The molecule has 0 aromatic heterocycles. The first-order valence-electron chi connectivity index (χ1n) is 5.68. The van der Waals surface area contributed by atoms with Gasteiger partial charge in [0.1, 0.15) is 0 Å².